The van der Waals surface area contributed by atoms with Crippen LogP contribution in [0.1, 0.15) is 42.9 Å². The predicted octanol–water partition coefficient (Wildman–Crippen LogP) is 12.5. The molecule has 9 rings (SSSR count). The Morgan fingerprint density at radius 2 is 1.22 bits per heavy atom. The van der Waals surface area contributed by atoms with Crippen molar-refractivity contribution < 1.29 is 0 Å². The van der Waals surface area contributed by atoms with Crippen molar-refractivity contribution in [3.8, 4) is 27.9 Å². The minimum atomic E-state index is 0.414. The van der Waals surface area contributed by atoms with Crippen molar-refractivity contribution in [3.63, 3.8) is 0 Å². The number of benzene rings is 7. The summed E-state index contributed by atoms with van der Waals surface area (Å²) in [4.78, 5) is 5.28. The van der Waals surface area contributed by atoms with Gasteiger partial charge in [-0.2, -0.15) is 0 Å². The topological polar surface area (TPSA) is 43.3 Å². The molecule has 7 aromatic carbocycles. The van der Waals surface area contributed by atoms with Gasteiger partial charge in [0, 0.05) is 33.1 Å². The standard InChI is InChI=1S/C47H37N3/c1-30-13-11-22-40-45(30)38-20-9-10-21-39(38)47(46(40)48)49-31(2)34-18-12-19-37(27-34)50-43-25-23-35(32-14-5-3-6-15-32)28-41(43)42-29-36(24-26-44(42)50)33-16-7-4-8-17-33/h3-12,14-30H,13,48H2,1-2H3. The lowest BCUT2D eigenvalue weighted by atomic mass is 9.83. The van der Waals surface area contributed by atoms with Crippen molar-refractivity contribution >= 4 is 55.7 Å². The molecule has 2 N–H and O–H groups in total. The van der Waals surface area contributed by atoms with Gasteiger partial charge >= 0.3 is 0 Å². The Bertz CT molecular complexity index is 2550. The summed E-state index contributed by atoms with van der Waals surface area (Å²) in [6.45, 7) is 4.38. The molecule has 240 valence electrons. The summed E-state index contributed by atoms with van der Waals surface area (Å²) < 4.78 is 2.39. The van der Waals surface area contributed by atoms with E-state index in [-0.39, 0.29) is 0 Å². The largest absolute Gasteiger partial charge is 0.396 e. The summed E-state index contributed by atoms with van der Waals surface area (Å²) in [5, 5.41) is 4.80. The van der Waals surface area contributed by atoms with Gasteiger partial charge in [-0.3, -0.25) is 4.99 Å². The molecule has 0 spiro atoms. The molecule has 0 radical (unpaired) electrons. The highest BCUT2D eigenvalue weighted by Crippen LogP contribution is 2.45. The van der Waals surface area contributed by atoms with Crippen LogP contribution in [0.2, 0.25) is 0 Å². The SMILES string of the molecule is CC(=Nc1c(N)c2c(c3ccccc13)C(C)CC=C2)c1cccc(-n2c3ccc(-c4ccccc4)cc3c3cc(-c4ccccc4)ccc32)c1. The maximum Gasteiger partial charge on any atom is 0.0946 e. The van der Waals surface area contributed by atoms with Crippen LogP contribution in [0.3, 0.4) is 0 Å². The quantitative estimate of drug-likeness (QED) is 0.147. The zero-order valence-corrected chi connectivity index (χ0v) is 28.3. The fourth-order valence-electron chi connectivity index (χ4n) is 7.85. The number of anilines is 1. The Labute approximate surface area is 292 Å². The Balaban J connectivity index is 1.21. The van der Waals surface area contributed by atoms with Crippen LogP contribution in [0, 0.1) is 0 Å². The number of hydrogen-bond donors (Lipinski definition) is 1. The summed E-state index contributed by atoms with van der Waals surface area (Å²) >= 11 is 0. The summed E-state index contributed by atoms with van der Waals surface area (Å²) in [6.07, 6.45) is 5.44. The third kappa shape index (κ3) is 4.93. The Morgan fingerprint density at radius 3 is 1.86 bits per heavy atom. The van der Waals surface area contributed by atoms with Crippen molar-refractivity contribution in [2.75, 3.05) is 5.73 Å². The van der Waals surface area contributed by atoms with Gasteiger partial charge in [-0.25, -0.2) is 0 Å². The average molecular weight is 644 g/mol. The zero-order chi connectivity index (χ0) is 33.8. The number of aliphatic imine (C=N–C) groups is 1. The van der Waals surface area contributed by atoms with Gasteiger partial charge in [-0.1, -0.05) is 128 Å². The lowest BCUT2D eigenvalue weighted by Crippen LogP contribution is -2.06. The van der Waals surface area contributed by atoms with Crippen LogP contribution < -0.4 is 5.73 Å². The Morgan fingerprint density at radius 1 is 0.620 bits per heavy atom. The average Bonchev–Trinajstić information content (AvgIpc) is 3.50. The van der Waals surface area contributed by atoms with Crippen molar-refractivity contribution in [2.24, 2.45) is 4.99 Å². The Hall–Kier alpha value is -6.19. The van der Waals surface area contributed by atoms with E-state index in [0.717, 1.165) is 45.7 Å². The van der Waals surface area contributed by atoms with Gasteiger partial charge in [0.2, 0.25) is 0 Å². The van der Waals surface area contributed by atoms with E-state index in [4.69, 9.17) is 10.7 Å². The first-order valence-electron chi connectivity index (χ1n) is 17.4. The molecule has 1 aromatic heterocycles. The van der Waals surface area contributed by atoms with Gasteiger partial charge in [0.05, 0.1) is 22.4 Å². The van der Waals surface area contributed by atoms with Gasteiger partial charge < -0.3 is 10.3 Å². The van der Waals surface area contributed by atoms with Crippen LogP contribution in [0.25, 0.3) is 66.6 Å². The van der Waals surface area contributed by atoms with Crippen molar-refractivity contribution in [1.29, 1.82) is 0 Å². The molecule has 0 saturated heterocycles. The Kier molecular flexibility index (Phi) is 7.21. The molecular formula is C47H37N3. The summed E-state index contributed by atoms with van der Waals surface area (Å²) in [5.74, 6) is 0.414. The fourth-order valence-corrected chi connectivity index (χ4v) is 7.85. The smallest absolute Gasteiger partial charge is 0.0946 e. The number of rotatable bonds is 5. The van der Waals surface area contributed by atoms with Crippen molar-refractivity contribution in [1.82, 2.24) is 4.57 Å². The molecule has 3 nitrogen and oxygen atoms in total. The van der Waals surface area contributed by atoms with Gasteiger partial charge in [0.15, 0.2) is 0 Å². The normalized spacial score (nSPS) is 14.4. The number of fused-ring (bicyclic) bond motifs is 6. The van der Waals surface area contributed by atoms with E-state index < -0.39 is 0 Å². The second kappa shape index (κ2) is 12.0. The maximum atomic E-state index is 6.94. The lowest BCUT2D eigenvalue weighted by Gasteiger charge is -2.23. The molecule has 0 fully saturated rings. The molecule has 50 heavy (non-hydrogen) atoms. The van der Waals surface area contributed by atoms with E-state index in [0.29, 0.717) is 5.92 Å². The van der Waals surface area contributed by atoms with E-state index in [2.05, 4.69) is 176 Å². The summed E-state index contributed by atoms with van der Waals surface area (Å²) in [7, 11) is 0. The van der Waals surface area contributed by atoms with E-state index in [9.17, 15) is 0 Å². The van der Waals surface area contributed by atoms with Gasteiger partial charge in [-0.15, -0.1) is 0 Å². The molecule has 0 saturated carbocycles. The highest BCUT2D eigenvalue weighted by atomic mass is 15.0. The van der Waals surface area contributed by atoms with Crippen LogP contribution >= 0.6 is 0 Å². The predicted molar refractivity (Wildman–Crippen MR) is 214 cm³/mol. The van der Waals surface area contributed by atoms with E-state index in [1.54, 1.807) is 0 Å². The molecule has 1 unspecified atom stereocenters. The lowest BCUT2D eigenvalue weighted by molar-refractivity contribution is 0.780. The summed E-state index contributed by atoms with van der Waals surface area (Å²) in [6, 6.07) is 52.2. The number of aromatic nitrogens is 1. The van der Waals surface area contributed by atoms with Gasteiger partial charge in [0.1, 0.15) is 0 Å². The molecule has 1 heterocycles. The van der Waals surface area contributed by atoms with Crippen molar-refractivity contribution in [2.45, 2.75) is 26.2 Å². The zero-order valence-electron chi connectivity index (χ0n) is 28.3. The fraction of sp³-hybridized carbons (Fsp3) is 0.0851. The molecule has 1 atom stereocenters. The first-order chi connectivity index (χ1) is 24.5. The second-order valence-electron chi connectivity index (χ2n) is 13.5. The second-order valence-corrected chi connectivity index (χ2v) is 13.5. The minimum Gasteiger partial charge on any atom is -0.396 e. The number of allylic oxidation sites excluding steroid dienone is 1. The first kappa shape index (κ1) is 29.9. The van der Waals surface area contributed by atoms with Gasteiger partial charge in [-0.05, 0) is 94.4 Å². The molecule has 0 aliphatic heterocycles. The highest BCUT2D eigenvalue weighted by molar-refractivity contribution is 6.12. The highest BCUT2D eigenvalue weighted by Gasteiger charge is 2.22. The van der Waals surface area contributed by atoms with Crippen LogP contribution in [0.4, 0.5) is 11.4 Å². The molecule has 0 amide bonds. The number of nitrogens with zero attached hydrogens (tertiary/aromatic N) is 2. The summed E-state index contributed by atoms with van der Waals surface area (Å²) in [5.41, 5.74) is 21.2. The third-order valence-electron chi connectivity index (χ3n) is 10.4. The molecule has 8 aromatic rings. The van der Waals surface area contributed by atoms with Crippen molar-refractivity contribution in [3.05, 3.63) is 168 Å². The molecule has 1 aliphatic rings. The monoisotopic (exact) mass is 643 g/mol. The first-order valence-corrected chi connectivity index (χ1v) is 17.4. The van der Waals surface area contributed by atoms with E-state index in [1.807, 2.05) is 0 Å². The number of hydrogen-bond acceptors (Lipinski definition) is 2. The van der Waals surface area contributed by atoms with E-state index >= 15 is 0 Å². The molecular weight excluding hydrogens is 607 g/mol. The molecule has 0 bridgehead atoms. The van der Waals surface area contributed by atoms with Crippen LogP contribution in [0.15, 0.2) is 157 Å². The molecule has 3 heteroatoms. The third-order valence-corrected chi connectivity index (χ3v) is 10.4. The number of nitrogens with two attached hydrogens (primary N) is 1. The van der Waals surface area contributed by atoms with E-state index in [1.165, 1.54) is 55.0 Å². The molecule has 1 aliphatic carbocycles. The minimum absolute atomic E-state index is 0.414. The van der Waals surface area contributed by atoms with Crippen LogP contribution in [-0.2, 0) is 0 Å². The van der Waals surface area contributed by atoms with Crippen LogP contribution in [0.5, 0.6) is 0 Å². The maximum absolute atomic E-state index is 6.94. The number of nitrogen functional groups attached to an aromatic ring is 1. The van der Waals surface area contributed by atoms with Crippen LogP contribution in [-0.4, -0.2) is 10.3 Å². The van der Waals surface area contributed by atoms with Gasteiger partial charge in [0.25, 0.3) is 0 Å².